The van der Waals surface area contributed by atoms with Gasteiger partial charge in [0.1, 0.15) is 16.3 Å². The van der Waals surface area contributed by atoms with Crippen LogP contribution in [0.25, 0.3) is 11.0 Å². The number of para-hydroxylation sites is 1. The Morgan fingerprint density at radius 2 is 2.04 bits per heavy atom. The van der Waals surface area contributed by atoms with Crippen LogP contribution in [-0.2, 0) is 16.4 Å². The molecule has 0 spiro atoms. The summed E-state index contributed by atoms with van der Waals surface area (Å²) >= 11 is 0. The second-order valence-electron chi connectivity index (χ2n) is 5.31. The highest BCUT2D eigenvalue weighted by Gasteiger charge is 2.19. The van der Waals surface area contributed by atoms with Crippen molar-refractivity contribution < 1.29 is 13.2 Å². The van der Waals surface area contributed by atoms with Gasteiger partial charge in [-0.2, -0.15) is 0 Å². The molecule has 3 rings (SSSR count). The van der Waals surface area contributed by atoms with E-state index < -0.39 is 9.84 Å². The molecule has 0 saturated heterocycles. The molecule has 0 radical (unpaired) electrons. The van der Waals surface area contributed by atoms with Crippen LogP contribution < -0.4 is 10.3 Å². The number of benzene rings is 1. The minimum atomic E-state index is -3.48. The molecule has 0 fully saturated rings. The monoisotopic (exact) mass is 347 g/mol. The summed E-state index contributed by atoms with van der Waals surface area (Å²) in [6.07, 6.45) is 3.38. The van der Waals surface area contributed by atoms with Gasteiger partial charge >= 0.3 is 0 Å². The molecule has 0 unspecified atom stereocenters. The maximum Gasteiger partial charge on any atom is 0.262 e. The Morgan fingerprint density at radius 3 is 2.83 bits per heavy atom. The van der Waals surface area contributed by atoms with Crippen LogP contribution in [0, 0.1) is 0 Å². The van der Waals surface area contributed by atoms with Crippen molar-refractivity contribution in [3.05, 3.63) is 53.2 Å². The van der Waals surface area contributed by atoms with Gasteiger partial charge in [-0.05, 0) is 24.6 Å². The van der Waals surface area contributed by atoms with E-state index in [9.17, 15) is 13.2 Å². The van der Waals surface area contributed by atoms with Gasteiger partial charge in [0.2, 0.25) is 0 Å². The molecule has 2 aromatic heterocycles. The zero-order chi connectivity index (χ0) is 17.2. The largest absolute Gasteiger partial charge is 0.495 e. The summed E-state index contributed by atoms with van der Waals surface area (Å²) in [6, 6.07) is 8.17. The number of hydrogen-bond donors (Lipinski definition) is 1. The second-order valence-corrected chi connectivity index (χ2v) is 7.38. The maximum atomic E-state index is 12.5. The van der Waals surface area contributed by atoms with E-state index in [0.717, 1.165) is 0 Å². The van der Waals surface area contributed by atoms with Gasteiger partial charge in [-0.3, -0.25) is 9.36 Å². The van der Waals surface area contributed by atoms with Crippen molar-refractivity contribution in [2.24, 2.45) is 0 Å². The van der Waals surface area contributed by atoms with Gasteiger partial charge in [-0.15, -0.1) is 0 Å². The first-order valence-corrected chi connectivity index (χ1v) is 9.06. The molecule has 24 heavy (non-hydrogen) atoms. The van der Waals surface area contributed by atoms with Crippen molar-refractivity contribution in [1.82, 2.24) is 14.5 Å². The third-order valence-electron chi connectivity index (χ3n) is 3.76. The predicted octanol–water partition coefficient (Wildman–Crippen LogP) is 1.60. The number of rotatable bonds is 6. The number of hydrogen-bond acceptors (Lipinski definition) is 5. The Kier molecular flexibility index (Phi) is 4.39. The van der Waals surface area contributed by atoms with Crippen molar-refractivity contribution in [1.29, 1.82) is 0 Å². The Bertz CT molecular complexity index is 1020. The summed E-state index contributed by atoms with van der Waals surface area (Å²) in [6.45, 7) is 0.279. The smallest absolute Gasteiger partial charge is 0.262 e. The van der Waals surface area contributed by atoms with Crippen LogP contribution in [0.5, 0.6) is 5.75 Å². The number of nitrogens with zero attached hydrogens (tertiary/aromatic N) is 2. The average Bonchev–Trinajstić information content (AvgIpc) is 3.06. The lowest BCUT2D eigenvalue weighted by Gasteiger charge is -2.10. The van der Waals surface area contributed by atoms with E-state index in [4.69, 9.17) is 4.74 Å². The van der Waals surface area contributed by atoms with Crippen LogP contribution >= 0.6 is 0 Å². The summed E-state index contributed by atoms with van der Waals surface area (Å²) in [5.41, 5.74) is 0.342. The van der Waals surface area contributed by atoms with Crippen LogP contribution in [0.4, 0.5) is 0 Å². The standard InChI is InChI=1S/C16H17N3O4S/c1-23-13-5-2-3-6-14(13)24(21,22)10-4-9-19-11-18-15-12(16(19)20)7-8-17-15/h2-3,5-8,11,17H,4,9-10H2,1H3. The number of aromatic amines is 1. The van der Waals surface area contributed by atoms with Gasteiger partial charge in [-0.25, -0.2) is 13.4 Å². The normalized spacial score (nSPS) is 11.7. The van der Waals surface area contributed by atoms with Gasteiger partial charge < -0.3 is 9.72 Å². The summed E-state index contributed by atoms with van der Waals surface area (Å²) in [5, 5.41) is 0.491. The molecule has 1 N–H and O–H groups in total. The molecule has 2 heterocycles. The lowest BCUT2D eigenvalue weighted by molar-refractivity contribution is 0.402. The van der Waals surface area contributed by atoms with E-state index in [2.05, 4.69) is 9.97 Å². The highest BCUT2D eigenvalue weighted by atomic mass is 32.2. The van der Waals surface area contributed by atoms with Crippen LogP contribution in [0.15, 0.2) is 52.5 Å². The number of nitrogens with one attached hydrogen (secondary N) is 1. The topological polar surface area (TPSA) is 94.1 Å². The predicted molar refractivity (Wildman–Crippen MR) is 90.0 cm³/mol. The molecular formula is C16H17N3O4S. The van der Waals surface area contributed by atoms with Crippen molar-refractivity contribution in [2.45, 2.75) is 17.9 Å². The molecular weight excluding hydrogens is 330 g/mol. The van der Waals surface area contributed by atoms with Gasteiger partial charge in [0.05, 0.1) is 24.6 Å². The molecule has 0 amide bonds. The van der Waals surface area contributed by atoms with E-state index in [-0.39, 0.29) is 22.8 Å². The van der Waals surface area contributed by atoms with Crippen molar-refractivity contribution in [2.75, 3.05) is 12.9 Å². The summed E-state index contributed by atoms with van der Waals surface area (Å²) in [4.78, 5) is 19.4. The Hall–Kier alpha value is -2.61. The van der Waals surface area contributed by atoms with Crippen LogP contribution in [0.2, 0.25) is 0 Å². The Labute approximate surface area is 138 Å². The van der Waals surface area contributed by atoms with Gasteiger partial charge in [0.25, 0.3) is 5.56 Å². The van der Waals surface area contributed by atoms with E-state index in [1.165, 1.54) is 24.1 Å². The molecule has 126 valence electrons. The molecule has 0 aliphatic carbocycles. The quantitative estimate of drug-likeness (QED) is 0.731. The summed E-state index contributed by atoms with van der Waals surface area (Å²) in [7, 11) is -2.05. The lowest BCUT2D eigenvalue weighted by Crippen LogP contribution is -2.21. The number of aromatic nitrogens is 3. The first-order valence-electron chi connectivity index (χ1n) is 7.41. The first-order chi connectivity index (χ1) is 11.5. The third kappa shape index (κ3) is 3.05. The van der Waals surface area contributed by atoms with Gasteiger partial charge in [-0.1, -0.05) is 12.1 Å². The van der Waals surface area contributed by atoms with E-state index in [1.54, 1.807) is 30.5 Å². The molecule has 3 aromatic rings. The number of fused-ring (bicyclic) bond motifs is 1. The maximum absolute atomic E-state index is 12.5. The average molecular weight is 347 g/mol. The fourth-order valence-corrected chi connectivity index (χ4v) is 4.02. The second kappa shape index (κ2) is 6.48. The van der Waals surface area contributed by atoms with Crippen LogP contribution in [0.3, 0.4) is 0 Å². The Morgan fingerprint density at radius 1 is 1.25 bits per heavy atom. The van der Waals surface area contributed by atoms with Crippen molar-refractivity contribution >= 4 is 20.9 Å². The van der Waals surface area contributed by atoms with Crippen LogP contribution in [-0.4, -0.2) is 35.8 Å². The zero-order valence-electron chi connectivity index (χ0n) is 13.1. The molecule has 8 heteroatoms. The zero-order valence-corrected chi connectivity index (χ0v) is 13.9. The molecule has 0 atom stereocenters. The lowest BCUT2D eigenvalue weighted by atomic mass is 10.3. The van der Waals surface area contributed by atoms with Gasteiger partial charge in [0, 0.05) is 12.7 Å². The molecule has 1 aromatic carbocycles. The first kappa shape index (κ1) is 16.3. The number of ether oxygens (including phenoxy) is 1. The van der Waals surface area contributed by atoms with Gasteiger partial charge in [0.15, 0.2) is 9.84 Å². The van der Waals surface area contributed by atoms with E-state index >= 15 is 0 Å². The summed E-state index contributed by atoms with van der Waals surface area (Å²) in [5.74, 6) is 0.246. The molecule has 0 saturated carbocycles. The number of methoxy groups -OCH3 is 1. The molecule has 0 aliphatic rings. The number of sulfone groups is 1. The minimum absolute atomic E-state index is 0.0784. The van der Waals surface area contributed by atoms with Crippen molar-refractivity contribution in [3.8, 4) is 5.75 Å². The molecule has 0 aliphatic heterocycles. The highest BCUT2D eigenvalue weighted by Crippen LogP contribution is 2.24. The fraction of sp³-hybridized carbons (Fsp3) is 0.250. The summed E-state index contributed by atoms with van der Waals surface area (Å²) < 4.78 is 31.5. The third-order valence-corrected chi connectivity index (χ3v) is 5.59. The highest BCUT2D eigenvalue weighted by molar-refractivity contribution is 7.91. The van der Waals surface area contributed by atoms with E-state index in [0.29, 0.717) is 23.2 Å². The van der Waals surface area contributed by atoms with E-state index in [1.807, 2.05) is 0 Å². The van der Waals surface area contributed by atoms with Crippen LogP contribution in [0.1, 0.15) is 6.42 Å². The molecule has 0 bridgehead atoms. The fourth-order valence-electron chi connectivity index (χ4n) is 2.54. The Balaban J connectivity index is 1.75. The SMILES string of the molecule is COc1ccccc1S(=O)(=O)CCCn1cnc2[nH]ccc2c1=O. The minimum Gasteiger partial charge on any atom is -0.495 e. The van der Waals surface area contributed by atoms with Crippen molar-refractivity contribution in [3.63, 3.8) is 0 Å². The number of H-pyrrole nitrogens is 1. The molecule has 7 nitrogen and oxygen atoms in total. The number of aryl methyl sites for hydroxylation is 1.